The third-order valence-corrected chi connectivity index (χ3v) is 6.20. The quantitative estimate of drug-likeness (QED) is 0.223. The maximum absolute atomic E-state index is 12.2. The van der Waals surface area contributed by atoms with E-state index in [9.17, 15) is 4.79 Å². The second-order valence-corrected chi connectivity index (χ2v) is 8.87. The number of carbonyl (C=O) groups is 1. The van der Waals surface area contributed by atoms with Crippen molar-refractivity contribution in [1.29, 1.82) is 0 Å². The highest BCUT2D eigenvalue weighted by atomic mass is 127. The molecule has 0 bridgehead atoms. The number of guanidine groups is 1. The number of hydrogen-bond donors (Lipinski definition) is 3. The Hall–Kier alpha value is -2.13. The van der Waals surface area contributed by atoms with Gasteiger partial charge in [-0.25, -0.2) is 4.99 Å². The minimum absolute atomic E-state index is 0. The number of nitrogens with zero attached hydrogens (tertiary/aromatic N) is 2. The number of rotatable bonds is 9. The number of aliphatic imine (C=N–C) groups is 1. The summed E-state index contributed by atoms with van der Waals surface area (Å²) in [6, 6.07) is 19.1. The van der Waals surface area contributed by atoms with Crippen molar-refractivity contribution in [3.63, 3.8) is 0 Å². The maximum atomic E-state index is 12.2. The Morgan fingerprint density at radius 2 is 1.76 bits per heavy atom. The molecule has 0 aromatic heterocycles. The highest BCUT2D eigenvalue weighted by Crippen LogP contribution is 2.15. The number of likely N-dealkylation sites (tertiary alicyclic amines) is 1. The standard InChI is InChI=1S/C27H39N5O.HI/c1-4-21(3)26(33)30-25-13-9-12-23(18-25)19-29-27(28-5-2)31-24-14-16-32(17-15-24)20-22-10-7-6-8-11-22;/h6-13,18,21,24H,4-5,14-17,19-20H2,1-3H3,(H,30,33)(H2,28,29,31);1H. The van der Waals surface area contributed by atoms with Crippen LogP contribution in [-0.2, 0) is 17.9 Å². The van der Waals surface area contributed by atoms with Crippen LogP contribution in [0.5, 0.6) is 0 Å². The average Bonchev–Trinajstić information content (AvgIpc) is 2.84. The fraction of sp³-hybridized carbons (Fsp3) is 0.481. The summed E-state index contributed by atoms with van der Waals surface area (Å²) in [5.41, 5.74) is 3.28. The zero-order valence-electron chi connectivity index (χ0n) is 20.7. The smallest absolute Gasteiger partial charge is 0.227 e. The van der Waals surface area contributed by atoms with Crippen LogP contribution >= 0.6 is 24.0 Å². The van der Waals surface area contributed by atoms with Gasteiger partial charge in [-0.3, -0.25) is 9.69 Å². The SMILES string of the molecule is CCNC(=NCc1cccc(NC(=O)C(C)CC)c1)NC1CCN(Cc2ccccc2)CC1.I. The van der Waals surface area contributed by atoms with Crippen molar-refractivity contribution in [1.82, 2.24) is 15.5 Å². The van der Waals surface area contributed by atoms with Gasteiger partial charge in [-0.1, -0.05) is 56.3 Å². The van der Waals surface area contributed by atoms with Crippen LogP contribution in [0.1, 0.15) is 51.2 Å². The first-order valence-corrected chi connectivity index (χ1v) is 12.3. The molecule has 3 N–H and O–H groups in total. The minimum atomic E-state index is 0. The van der Waals surface area contributed by atoms with Crippen molar-refractivity contribution in [3.8, 4) is 0 Å². The van der Waals surface area contributed by atoms with E-state index in [1.807, 2.05) is 38.1 Å². The molecule has 0 saturated carbocycles. The number of amides is 1. The molecule has 1 unspecified atom stereocenters. The van der Waals surface area contributed by atoms with E-state index in [1.165, 1.54) is 5.56 Å². The summed E-state index contributed by atoms with van der Waals surface area (Å²) in [6.07, 6.45) is 3.04. The zero-order valence-corrected chi connectivity index (χ0v) is 23.0. The second kappa shape index (κ2) is 15.0. The lowest BCUT2D eigenvalue weighted by Gasteiger charge is -2.33. The first-order valence-electron chi connectivity index (χ1n) is 12.3. The molecule has 0 radical (unpaired) electrons. The molecule has 6 nitrogen and oxygen atoms in total. The van der Waals surface area contributed by atoms with Crippen molar-refractivity contribution in [3.05, 3.63) is 65.7 Å². The predicted molar refractivity (Wildman–Crippen MR) is 153 cm³/mol. The second-order valence-electron chi connectivity index (χ2n) is 8.87. The summed E-state index contributed by atoms with van der Waals surface area (Å²) < 4.78 is 0. The van der Waals surface area contributed by atoms with Crippen LogP contribution in [0.2, 0.25) is 0 Å². The van der Waals surface area contributed by atoms with E-state index in [2.05, 4.69) is 58.1 Å². The summed E-state index contributed by atoms with van der Waals surface area (Å²) in [7, 11) is 0. The number of halogens is 1. The van der Waals surface area contributed by atoms with Crippen molar-refractivity contribution in [2.75, 3.05) is 25.0 Å². The van der Waals surface area contributed by atoms with E-state index in [0.29, 0.717) is 12.6 Å². The molecule has 1 saturated heterocycles. The number of nitrogens with one attached hydrogen (secondary N) is 3. The van der Waals surface area contributed by atoms with Crippen molar-refractivity contribution in [2.45, 2.75) is 59.2 Å². The number of carbonyl (C=O) groups excluding carboxylic acids is 1. The van der Waals surface area contributed by atoms with E-state index in [4.69, 9.17) is 4.99 Å². The highest BCUT2D eigenvalue weighted by molar-refractivity contribution is 14.0. The molecule has 1 aliphatic rings. The van der Waals surface area contributed by atoms with Gasteiger partial charge in [0.05, 0.1) is 6.54 Å². The third-order valence-electron chi connectivity index (χ3n) is 6.20. The normalized spacial score (nSPS) is 15.8. The molecule has 2 aromatic carbocycles. The molecule has 34 heavy (non-hydrogen) atoms. The molecule has 1 amide bonds. The van der Waals surface area contributed by atoms with Gasteiger partial charge in [0.15, 0.2) is 5.96 Å². The Morgan fingerprint density at radius 1 is 1.06 bits per heavy atom. The molecule has 0 aliphatic carbocycles. The Kier molecular flexibility index (Phi) is 12.4. The Labute approximate surface area is 222 Å². The number of anilines is 1. The van der Waals surface area contributed by atoms with Crippen LogP contribution in [-0.4, -0.2) is 42.4 Å². The van der Waals surface area contributed by atoms with Gasteiger partial charge in [0.1, 0.15) is 0 Å². The molecule has 2 aromatic rings. The molecule has 0 spiro atoms. The van der Waals surface area contributed by atoms with Gasteiger partial charge in [-0.15, -0.1) is 24.0 Å². The van der Waals surface area contributed by atoms with Crippen LogP contribution in [0.15, 0.2) is 59.6 Å². The fourth-order valence-electron chi connectivity index (χ4n) is 3.96. The van der Waals surface area contributed by atoms with Crippen LogP contribution in [0, 0.1) is 5.92 Å². The Bertz CT molecular complexity index is 897. The predicted octanol–water partition coefficient (Wildman–Crippen LogP) is 5.01. The molecule has 1 aliphatic heterocycles. The van der Waals surface area contributed by atoms with Crippen molar-refractivity contribution in [2.24, 2.45) is 10.9 Å². The van der Waals surface area contributed by atoms with E-state index in [1.54, 1.807) is 0 Å². The van der Waals surface area contributed by atoms with Gasteiger partial charge in [0.25, 0.3) is 0 Å². The number of piperidine rings is 1. The summed E-state index contributed by atoms with van der Waals surface area (Å²) in [5, 5.41) is 10.0. The summed E-state index contributed by atoms with van der Waals surface area (Å²) in [6.45, 7) is 10.6. The lowest BCUT2D eigenvalue weighted by molar-refractivity contribution is -0.119. The van der Waals surface area contributed by atoms with Gasteiger partial charge in [-0.2, -0.15) is 0 Å². The van der Waals surface area contributed by atoms with Crippen LogP contribution in [0.3, 0.4) is 0 Å². The van der Waals surface area contributed by atoms with Gasteiger partial charge in [0.2, 0.25) is 5.91 Å². The summed E-state index contributed by atoms with van der Waals surface area (Å²) in [4.78, 5) is 19.5. The molecule has 186 valence electrons. The molecule has 7 heteroatoms. The molecule has 1 fully saturated rings. The minimum Gasteiger partial charge on any atom is -0.357 e. The maximum Gasteiger partial charge on any atom is 0.227 e. The molecule has 1 heterocycles. The van der Waals surface area contributed by atoms with Gasteiger partial charge >= 0.3 is 0 Å². The molecule has 3 rings (SSSR count). The number of hydrogen-bond acceptors (Lipinski definition) is 3. The lowest BCUT2D eigenvalue weighted by Crippen LogP contribution is -2.48. The monoisotopic (exact) mass is 577 g/mol. The first-order chi connectivity index (χ1) is 16.1. The third kappa shape index (κ3) is 9.25. The van der Waals surface area contributed by atoms with Crippen LogP contribution < -0.4 is 16.0 Å². The van der Waals surface area contributed by atoms with Crippen LogP contribution in [0.25, 0.3) is 0 Å². The first kappa shape index (κ1) is 28.1. The Morgan fingerprint density at radius 3 is 2.44 bits per heavy atom. The van der Waals surface area contributed by atoms with Gasteiger partial charge in [0, 0.05) is 43.8 Å². The van der Waals surface area contributed by atoms with Gasteiger partial charge in [-0.05, 0) is 49.4 Å². The number of benzene rings is 2. The van der Waals surface area contributed by atoms with E-state index >= 15 is 0 Å². The Balaban J connectivity index is 0.00000408. The summed E-state index contributed by atoms with van der Waals surface area (Å²) >= 11 is 0. The van der Waals surface area contributed by atoms with E-state index in [-0.39, 0.29) is 35.8 Å². The highest BCUT2D eigenvalue weighted by Gasteiger charge is 2.20. The van der Waals surface area contributed by atoms with Gasteiger partial charge < -0.3 is 16.0 Å². The van der Waals surface area contributed by atoms with Crippen molar-refractivity contribution < 1.29 is 4.79 Å². The van der Waals surface area contributed by atoms with E-state index in [0.717, 1.165) is 62.7 Å². The zero-order chi connectivity index (χ0) is 23.5. The fourth-order valence-corrected chi connectivity index (χ4v) is 3.96. The van der Waals surface area contributed by atoms with Crippen molar-refractivity contribution >= 4 is 41.5 Å². The lowest BCUT2D eigenvalue weighted by atomic mass is 10.0. The van der Waals surface area contributed by atoms with E-state index < -0.39 is 0 Å². The molecular formula is C27H40IN5O. The van der Waals surface area contributed by atoms with Crippen LogP contribution in [0.4, 0.5) is 5.69 Å². The largest absolute Gasteiger partial charge is 0.357 e. The average molecular weight is 578 g/mol. The summed E-state index contributed by atoms with van der Waals surface area (Å²) in [5.74, 6) is 0.926. The molecule has 1 atom stereocenters. The molecular weight excluding hydrogens is 537 g/mol. The topological polar surface area (TPSA) is 68.8 Å².